The van der Waals surface area contributed by atoms with Crippen LogP contribution in [0.25, 0.3) is 0 Å². The van der Waals surface area contributed by atoms with E-state index in [1.165, 1.54) is 25.7 Å². The van der Waals surface area contributed by atoms with Gasteiger partial charge in [0.1, 0.15) is 5.75 Å². The topological polar surface area (TPSA) is 9.23 Å². The van der Waals surface area contributed by atoms with E-state index in [-0.39, 0.29) is 0 Å². The summed E-state index contributed by atoms with van der Waals surface area (Å²) in [6.07, 6.45) is 6.27. The first-order valence-electron chi connectivity index (χ1n) is 5.77. The van der Waals surface area contributed by atoms with Gasteiger partial charge < -0.3 is 4.74 Å². The number of ether oxygens (including phenoxy) is 1. The molecule has 0 bridgehead atoms. The van der Waals surface area contributed by atoms with Crippen molar-refractivity contribution in [2.75, 3.05) is 11.9 Å². The molecule has 0 N–H and O–H groups in total. The van der Waals surface area contributed by atoms with Gasteiger partial charge >= 0.3 is 0 Å². The summed E-state index contributed by atoms with van der Waals surface area (Å²) in [4.78, 5) is 0. The minimum absolute atomic E-state index is 0.752. The number of hydrogen-bond donors (Lipinski definition) is 0. The van der Waals surface area contributed by atoms with Gasteiger partial charge in [0.15, 0.2) is 0 Å². The van der Waals surface area contributed by atoms with Crippen molar-refractivity contribution < 1.29 is 4.74 Å². The Kier molecular flexibility index (Phi) is 7.69. The molecule has 1 aromatic carbocycles. The third-order valence-corrected chi connectivity index (χ3v) is 3.17. The van der Waals surface area contributed by atoms with Crippen LogP contribution in [-0.4, -0.2) is 11.9 Å². The molecule has 0 amide bonds. The Balaban J connectivity index is 2.01. The molecule has 0 aromatic heterocycles. The van der Waals surface area contributed by atoms with Crippen molar-refractivity contribution in [1.29, 1.82) is 0 Å². The lowest BCUT2D eigenvalue weighted by Gasteiger charge is -2.05. The molecule has 1 aromatic rings. The van der Waals surface area contributed by atoms with Gasteiger partial charge in [-0.25, -0.2) is 0 Å². The summed E-state index contributed by atoms with van der Waals surface area (Å²) in [6.45, 7) is 0.802. The summed E-state index contributed by atoms with van der Waals surface area (Å²) < 4.78 is 5.60. The molecule has 0 spiro atoms. The van der Waals surface area contributed by atoms with Crippen molar-refractivity contribution in [3.8, 4) is 5.75 Å². The first-order valence-corrected chi connectivity index (χ1v) is 7.27. The molecule has 0 atom stereocenters. The van der Waals surface area contributed by atoms with E-state index in [0.717, 1.165) is 29.1 Å². The Morgan fingerprint density at radius 2 is 1.56 bits per heavy atom. The number of benzene rings is 1. The van der Waals surface area contributed by atoms with Crippen molar-refractivity contribution in [2.45, 2.75) is 32.1 Å². The SMILES string of the molecule is Clc1ccc(OCCCCCCCBr)cc1. The van der Waals surface area contributed by atoms with Gasteiger partial charge in [-0.1, -0.05) is 46.8 Å². The first-order chi connectivity index (χ1) is 7.83. The molecule has 0 radical (unpaired) electrons. The molecular formula is C13H18BrClO. The maximum atomic E-state index is 5.78. The van der Waals surface area contributed by atoms with Gasteiger partial charge in [-0.15, -0.1) is 0 Å². The monoisotopic (exact) mass is 304 g/mol. The minimum atomic E-state index is 0.752. The fraction of sp³-hybridized carbons (Fsp3) is 0.538. The van der Waals surface area contributed by atoms with E-state index in [1.54, 1.807) is 0 Å². The van der Waals surface area contributed by atoms with Gasteiger partial charge in [-0.05, 0) is 37.1 Å². The van der Waals surface area contributed by atoms with E-state index in [4.69, 9.17) is 16.3 Å². The van der Waals surface area contributed by atoms with Gasteiger partial charge in [0.2, 0.25) is 0 Å². The maximum absolute atomic E-state index is 5.78. The quantitative estimate of drug-likeness (QED) is 0.481. The zero-order chi connectivity index (χ0) is 11.6. The number of rotatable bonds is 8. The zero-order valence-electron chi connectivity index (χ0n) is 9.42. The van der Waals surface area contributed by atoms with Gasteiger partial charge in [0.05, 0.1) is 6.61 Å². The van der Waals surface area contributed by atoms with E-state index in [2.05, 4.69) is 15.9 Å². The van der Waals surface area contributed by atoms with E-state index in [9.17, 15) is 0 Å². The van der Waals surface area contributed by atoms with Crippen LogP contribution in [0.15, 0.2) is 24.3 Å². The third-order valence-electron chi connectivity index (χ3n) is 2.36. The summed E-state index contributed by atoms with van der Waals surface area (Å²) in [7, 11) is 0. The van der Waals surface area contributed by atoms with Crippen molar-refractivity contribution in [3.05, 3.63) is 29.3 Å². The predicted molar refractivity (Wildman–Crippen MR) is 73.8 cm³/mol. The molecule has 0 heterocycles. The molecule has 0 saturated carbocycles. The lowest BCUT2D eigenvalue weighted by atomic mass is 10.2. The largest absolute Gasteiger partial charge is 0.494 e. The second-order valence-corrected chi connectivity index (χ2v) is 4.99. The van der Waals surface area contributed by atoms with Crippen LogP contribution in [0.2, 0.25) is 5.02 Å². The van der Waals surface area contributed by atoms with E-state index in [0.29, 0.717) is 0 Å². The molecule has 0 aliphatic rings. The molecule has 3 heteroatoms. The highest BCUT2D eigenvalue weighted by atomic mass is 79.9. The molecule has 0 aliphatic heterocycles. The smallest absolute Gasteiger partial charge is 0.119 e. The fourth-order valence-corrected chi connectivity index (χ4v) is 1.97. The van der Waals surface area contributed by atoms with Crippen LogP contribution in [-0.2, 0) is 0 Å². The summed E-state index contributed by atoms with van der Waals surface area (Å²) in [5, 5.41) is 1.87. The number of hydrogen-bond acceptors (Lipinski definition) is 1. The van der Waals surface area contributed by atoms with E-state index >= 15 is 0 Å². The number of alkyl halides is 1. The van der Waals surface area contributed by atoms with Crippen LogP contribution < -0.4 is 4.74 Å². The average Bonchev–Trinajstić information content (AvgIpc) is 2.30. The highest BCUT2D eigenvalue weighted by molar-refractivity contribution is 9.09. The maximum Gasteiger partial charge on any atom is 0.119 e. The van der Waals surface area contributed by atoms with Gasteiger partial charge in [-0.3, -0.25) is 0 Å². The van der Waals surface area contributed by atoms with Gasteiger partial charge in [-0.2, -0.15) is 0 Å². The first kappa shape index (κ1) is 13.9. The standard InChI is InChI=1S/C13H18BrClO/c14-10-4-2-1-3-5-11-16-13-8-6-12(15)7-9-13/h6-9H,1-5,10-11H2. The molecule has 16 heavy (non-hydrogen) atoms. The molecule has 1 nitrogen and oxygen atoms in total. The highest BCUT2D eigenvalue weighted by Gasteiger charge is 1.94. The Labute approximate surface area is 111 Å². The second-order valence-electron chi connectivity index (χ2n) is 3.76. The summed E-state index contributed by atoms with van der Waals surface area (Å²) >= 11 is 9.22. The predicted octanol–water partition coefficient (Wildman–Crippen LogP) is 5.06. The minimum Gasteiger partial charge on any atom is -0.494 e. The zero-order valence-corrected chi connectivity index (χ0v) is 11.8. The molecular weight excluding hydrogens is 287 g/mol. The highest BCUT2D eigenvalue weighted by Crippen LogP contribution is 2.16. The average molecular weight is 306 g/mol. The summed E-state index contributed by atoms with van der Waals surface area (Å²) in [6, 6.07) is 7.53. The van der Waals surface area contributed by atoms with Crippen LogP contribution in [0.3, 0.4) is 0 Å². The lowest BCUT2D eigenvalue weighted by Crippen LogP contribution is -1.96. The van der Waals surface area contributed by atoms with Gasteiger partial charge in [0.25, 0.3) is 0 Å². The van der Waals surface area contributed by atoms with Crippen molar-refractivity contribution in [2.24, 2.45) is 0 Å². The molecule has 90 valence electrons. The van der Waals surface area contributed by atoms with Crippen molar-refractivity contribution >= 4 is 27.5 Å². The van der Waals surface area contributed by atoms with Crippen molar-refractivity contribution in [3.63, 3.8) is 0 Å². The second kappa shape index (κ2) is 8.89. The van der Waals surface area contributed by atoms with Crippen LogP contribution in [0.5, 0.6) is 5.75 Å². The van der Waals surface area contributed by atoms with Crippen LogP contribution >= 0.6 is 27.5 Å². The Morgan fingerprint density at radius 1 is 0.938 bits per heavy atom. The van der Waals surface area contributed by atoms with Crippen LogP contribution in [0.4, 0.5) is 0 Å². The number of unbranched alkanes of at least 4 members (excludes halogenated alkanes) is 4. The fourth-order valence-electron chi connectivity index (χ4n) is 1.45. The molecule has 0 saturated heterocycles. The normalized spacial score (nSPS) is 10.4. The Hall–Kier alpha value is -0.210. The molecule has 0 aliphatic carbocycles. The van der Waals surface area contributed by atoms with E-state index in [1.807, 2.05) is 24.3 Å². The van der Waals surface area contributed by atoms with Crippen molar-refractivity contribution in [1.82, 2.24) is 0 Å². The lowest BCUT2D eigenvalue weighted by molar-refractivity contribution is 0.304. The molecule has 1 rings (SSSR count). The number of halogens is 2. The summed E-state index contributed by atoms with van der Waals surface area (Å²) in [5.41, 5.74) is 0. The molecule has 0 fully saturated rings. The van der Waals surface area contributed by atoms with Gasteiger partial charge in [0, 0.05) is 10.4 Å². The van der Waals surface area contributed by atoms with Crippen LogP contribution in [0.1, 0.15) is 32.1 Å². The van der Waals surface area contributed by atoms with E-state index < -0.39 is 0 Å². The third kappa shape index (κ3) is 6.39. The Bertz CT molecular complexity index is 274. The summed E-state index contributed by atoms with van der Waals surface area (Å²) in [5.74, 6) is 0.907. The Morgan fingerprint density at radius 3 is 2.25 bits per heavy atom. The molecule has 0 unspecified atom stereocenters. The van der Waals surface area contributed by atoms with Crippen LogP contribution in [0, 0.1) is 0 Å².